The van der Waals surface area contributed by atoms with Gasteiger partial charge in [-0.05, 0) is 132 Å². The van der Waals surface area contributed by atoms with Crippen LogP contribution in [0.4, 0.5) is 5.69 Å². The number of rotatable bonds is 21. The summed E-state index contributed by atoms with van der Waals surface area (Å²) in [7, 11) is 0. The van der Waals surface area contributed by atoms with Crippen LogP contribution < -0.4 is 31.7 Å². The minimum atomic E-state index is -1.32. The molecule has 1 aromatic carbocycles. The molecule has 1 aliphatic heterocycles. The average molecular weight is 984 g/mol. The molecular weight excluding hydrogens is 907 g/mol. The Balaban J connectivity index is 0.869. The molecule has 0 spiro atoms. The Kier molecular flexibility index (Phi) is 17.7. The van der Waals surface area contributed by atoms with E-state index in [0.29, 0.717) is 56.5 Å². The summed E-state index contributed by atoms with van der Waals surface area (Å²) < 4.78 is 25.2. The minimum Gasteiger partial charge on any atom is -0.486 e. The van der Waals surface area contributed by atoms with E-state index < -0.39 is 70.8 Å². The number of ether oxygens (including phenoxy) is 4. The third kappa shape index (κ3) is 11.8. The number of aliphatic hydroxyl groups is 1. The molecule has 7 N–H and O–H groups in total. The molecule has 2 unspecified atom stereocenters. The molecule has 3 saturated carbocycles. The van der Waals surface area contributed by atoms with Crippen molar-refractivity contribution < 1.29 is 52.8 Å². The Hall–Kier alpha value is -4.92. The van der Waals surface area contributed by atoms with Crippen molar-refractivity contribution in [3.05, 3.63) is 48.1 Å². The van der Waals surface area contributed by atoms with Gasteiger partial charge in [0.2, 0.25) is 29.4 Å². The van der Waals surface area contributed by atoms with Crippen molar-refractivity contribution in [2.24, 2.45) is 40.2 Å². The number of anilines is 1. The fourth-order valence-electron chi connectivity index (χ4n) is 12.5. The van der Waals surface area contributed by atoms with Crippen LogP contribution in [0, 0.1) is 46.3 Å². The third-order valence-electron chi connectivity index (χ3n) is 16.3. The molecule has 0 aromatic heterocycles. The van der Waals surface area contributed by atoms with Gasteiger partial charge >= 0.3 is 0 Å². The van der Waals surface area contributed by atoms with Gasteiger partial charge in [0.05, 0.1) is 18.2 Å². The number of carbonyl (C=O) groups excluding carboxylic acids is 6. The average Bonchev–Trinajstić information content (AvgIpc) is 3.81. The van der Waals surface area contributed by atoms with Crippen LogP contribution in [0.1, 0.15) is 131 Å². The number of fused-ring (bicyclic) bond motifs is 7. The van der Waals surface area contributed by atoms with Gasteiger partial charge in [-0.25, -0.2) is 0 Å². The van der Waals surface area contributed by atoms with Gasteiger partial charge in [-0.3, -0.25) is 28.8 Å². The molecule has 16 nitrogen and oxygen atoms in total. The van der Waals surface area contributed by atoms with Crippen molar-refractivity contribution >= 4 is 40.9 Å². The number of benzene rings is 1. The summed E-state index contributed by atoms with van der Waals surface area (Å²) in [5.41, 5.74) is 5.20. The second kappa shape index (κ2) is 23.3. The van der Waals surface area contributed by atoms with Gasteiger partial charge in [0, 0.05) is 35.4 Å². The second-order valence-corrected chi connectivity index (χ2v) is 21.5. The van der Waals surface area contributed by atoms with Crippen molar-refractivity contribution in [2.75, 3.05) is 25.1 Å². The molecule has 4 fully saturated rings. The lowest BCUT2D eigenvalue weighted by Gasteiger charge is -2.59. The summed E-state index contributed by atoms with van der Waals surface area (Å²) in [5, 5.41) is 23.2. The summed E-state index contributed by atoms with van der Waals surface area (Å²) in [6.07, 6.45) is 13.8. The number of unbranched alkanes of at least 4 members (excludes halogenated alkanes) is 1. The minimum absolute atomic E-state index is 0.0187. The van der Waals surface area contributed by atoms with E-state index in [9.17, 15) is 33.9 Å². The lowest BCUT2D eigenvalue weighted by Crippen LogP contribution is -2.63. The molecule has 71 heavy (non-hydrogen) atoms. The van der Waals surface area contributed by atoms with Crippen LogP contribution in [-0.4, -0.2) is 108 Å². The molecule has 13 atom stereocenters. The van der Waals surface area contributed by atoms with Crippen LogP contribution in [-0.2, 0) is 43.0 Å². The molecule has 1 aromatic rings. The zero-order chi connectivity index (χ0) is 51.1. The van der Waals surface area contributed by atoms with Gasteiger partial charge in [-0.1, -0.05) is 65.0 Å². The van der Waals surface area contributed by atoms with Crippen molar-refractivity contribution in [1.29, 1.82) is 0 Å². The zero-order valence-electron chi connectivity index (χ0n) is 42.5. The number of allylic oxidation sites excluding steroid dienone is 4. The number of Topliss-reactive ketones (excluding diaryl/α,β-unsaturated/α-hetero) is 1. The largest absolute Gasteiger partial charge is 0.486 e. The fourth-order valence-corrected chi connectivity index (χ4v) is 12.5. The van der Waals surface area contributed by atoms with Gasteiger partial charge in [-0.15, -0.1) is 5.92 Å². The van der Waals surface area contributed by atoms with Gasteiger partial charge in [0.1, 0.15) is 37.2 Å². The highest BCUT2D eigenvalue weighted by Gasteiger charge is 2.76. The molecule has 4 amide bonds. The van der Waals surface area contributed by atoms with Crippen molar-refractivity contribution in [3.63, 3.8) is 0 Å². The maximum atomic E-state index is 14.7. The molecule has 7 rings (SSSR count). The number of aliphatic hydroxyl groups excluding tert-OH is 1. The van der Waals surface area contributed by atoms with Crippen molar-refractivity contribution in [3.8, 4) is 17.6 Å². The third-order valence-corrected chi connectivity index (χ3v) is 16.3. The van der Waals surface area contributed by atoms with Crippen LogP contribution in [0.15, 0.2) is 48.1 Å². The first-order valence-corrected chi connectivity index (χ1v) is 26.2. The van der Waals surface area contributed by atoms with E-state index in [-0.39, 0.29) is 60.5 Å². The number of nitrogens with two attached hydrogens (primary N) is 1. The first kappa shape index (κ1) is 53.9. The van der Waals surface area contributed by atoms with E-state index in [1.807, 2.05) is 13.0 Å². The quantitative estimate of drug-likeness (QED) is 0.0676. The monoisotopic (exact) mass is 984 g/mol. The summed E-state index contributed by atoms with van der Waals surface area (Å²) in [6.45, 7) is 11.4. The number of hydrogen-bond acceptors (Lipinski definition) is 12. The standard InChI is InChI=1S/C55H77N5O11/c1-7-15-47-70-45-29-41-40-24-19-35-28-37(61)25-26-53(35,5)48(40)43(62)30-54(41,6)55(45,71-47)44(63)31-68-39-22-20-36(21-23-39)59-50(65)34(4)58-52(67)49(33(2)3)60-51(66)42(56)18-13-14-27-57-46(64)32-69-38-16-11-9-8-10-12-17-38/h20-23,25-26,28,33-34,38,40-43,45,47-49,62H,7-11,13-16,18-19,24,27,29-32,56H2,1-6H3,(H,57,64)(H,58,67)(H,59,65)(H,60,66)/t34-,38?,40-,41-,42+,43-,45+,47?,48+,49-,53-,54-,55+/m0/s1. The Labute approximate surface area is 419 Å². The Morgan fingerprint density at radius 2 is 1.75 bits per heavy atom. The van der Waals surface area contributed by atoms with Gasteiger partial charge in [0.15, 0.2) is 17.7 Å². The number of ketones is 2. The van der Waals surface area contributed by atoms with Crippen LogP contribution in [0.3, 0.4) is 0 Å². The number of carbonyl (C=O) groups is 6. The lowest BCUT2D eigenvalue weighted by atomic mass is 9.46. The van der Waals surface area contributed by atoms with Gasteiger partial charge in [0.25, 0.3) is 0 Å². The van der Waals surface area contributed by atoms with E-state index in [4.69, 9.17) is 24.7 Å². The Bertz CT molecular complexity index is 2250. The summed E-state index contributed by atoms with van der Waals surface area (Å²) in [6, 6.07) is 3.79. The number of hydrogen-bond donors (Lipinski definition) is 6. The Morgan fingerprint density at radius 3 is 2.49 bits per heavy atom. The zero-order valence-corrected chi connectivity index (χ0v) is 42.5. The van der Waals surface area contributed by atoms with E-state index in [1.54, 1.807) is 57.2 Å². The van der Waals surface area contributed by atoms with Crippen LogP contribution >= 0.6 is 0 Å². The maximum absolute atomic E-state index is 14.7. The highest BCUT2D eigenvalue weighted by Crippen LogP contribution is 2.69. The van der Waals surface area contributed by atoms with E-state index >= 15 is 0 Å². The molecule has 0 bridgehead atoms. The smallest absolute Gasteiger partial charge is 0.246 e. The molecule has 388 valence electrons. The Morgan fingerprint density at radius 1 is 0.972 bits per heavy atom. The fraction of sp³-hybridized carbons (Fsp3) is 0.673. The first-order valence-electron chi connectivity index (χ1n) is 26.2. The second-order valence-electron chi connectivity index (χ2n) is 21.5. The van der Waals surface area contributed by atoms with E-state index in [2.05, 4.69) is 47.0 Å². The maximum Gasteiger partial charge on any atom is 0.246 e. The predicted octanol–water partition coefficient (Wildman–Crippen LogP) is 5.35. The highest BCUT2D eigenvalue weighted by atomic mass is 16.7. The molecule has 5 aliphatic carbocycles. The molecular formula is C55H77N5O11. The van der Waals surface area contributed by atoms with Gasteiger partial charge in [-0.2, -0.15) is 0 Å². The highest BCUT2D eigenvalue weighted by molar-refractivity contribution is 6.01. The normalized spacial score (nSPS) is 31.9. The predicted molar refractivity (Wildman–Crippen MR) is 266 cm³/mol. The van der Waals surface area contributed by atoms with Crippen molar-refractivity contribution in [1.82, 2.24) is 16.0 Å². The van der Waals surface area contributed by atoms with E-state index in [1.165, 1.54) is 0 Å². The lowest BCUT2D eigenvalue weighted by molar-refractivity contribution is -0.200. The molecule has 16 heteroatoms. The molecule has 1 saturated heterocycles. The summed E-state index contributed by atoms with van der Waals surface area (Å²) >= 11 is 0. The van der Waals surface area contributed by atoms with E-state index in [0.717, 1.165) is 56.9 Å². The molecule has 0 radical (unpaired) electrons. The summed E-state index contributed by atoms with van der Waals surface area (Å²) in [5.74, 6) is 4.32. The molecule has 6 aliphatic rings. The summed E-state index contributed by atoms with van der Waals surface area (Å²) in [4.78, 5) is 79.1. The first-order chi connectivity index (χ1) is 33.9. The number of amides is 4. The van der Waals surface area contributed by atoms with Crippen LogP contribution in [0.25, 0.3) is 0 Å². The van der Waals surface area contributed by atoms with Crippen LogP contribution in [0.2, 0.25) is 0 Å². The van der Waals surface area contributed by atoms with Gasteiger partial charge < -0.3 is 51.1 Å². The molecule has 1 heterocycles. The number of nitrogens with one attached hydrogen (secondary N) is 4. The van der Waals surface area contributed by atoms with Crippen molar-refractivity contribution in [2.45, 2.75) is 180 Å². The SMILES string of the molecule is CCCC1O[C@@H]2C[C@H]3[C@@H]4CCC5=CC(=O)C=C[C@]5(C)[C@H]4[C@@H](O)C[C@]3(C)[C@]2(C(=O)COc2ccc(NC(=O)[C@H](C)NC(=O)[C@@H](NC(=O)[C@H](N)CCCCNC(=O)COC3C#CCCCCC3)C(C)C)cc2)O1. The van der Waals surface area contributed by atoms with Crippen LogP contribution in [0.5, 0.6) is 5.75 Å². The topological polar surface area (TPSA) is 234 Å².